The van der Waals surface area contributed by atoms with Gasteiger partial charge in [0.15, 0.2) is 0 Å². The van der Waals surface area contributed by atoms with Crippen LogP contribution in [0.15, 0.2) is 0 Å². The molecule has 0 saturated carbocycles. The van der Waals surface area contributed by atoms with Crippen LogP contribution in [0.25, 0.3) is 0 Å². The maximum Gasteiger partial charge on any atom is 0.00313 e. The first-order chi connectivity index (χ1) is 7.76. The van der Waals surface area contributed by atoms with Crippen molar-refractivity contribution >= 4 is 15.9 Å². The van der Waals surface area contributed by atoms with E-state index in [4.69, 9.17) is 0 Å². The van der Waals surface area contributed by atoms with Crippen LogP contribution in [-0.2, 0) is 0 Å². The smallest absolute Gasteiger partial charge is 0.00313 e. The van der Waals surface area contributed by atoms with E-state index in [2.05, 4.69) is 34.7 Å². The highest BCUT2D eigenvalue weighted by Crippen LogP contribution is 2.37. The average Bonchev–Trinajstić information content (AvgIpc) is 2.36. The highest BCUT2D eigenvalue weighted by Gasteiger charge is 2.30. The van der Waals surface area contributed by atoms with Gasteiger partial charge in [0.2, 0.25) is 0 Å². The first kappa shape index (κ1) is 14.5. The van der Waals surface area contributed by atoms with Crippen LogP contribution in [0.3, 0.4) is 0 Å². The van der Waals surface area contributed by atoms with Gasteiger partial charge in [0, 0.05) is 5.33 Å². The number of halogens is 1. The number of piperidine rings is 1. The number of hydrogen-bond donors (Lipinski definition) is 0. The largest absolute Gasteiger partial charge is 0.303 e. The molecule has 1 aliphatic rings. The lowest BCUT2D eigenvalue weighted by Crippen LogP contribution is -2.39. The molecule has 0 aromatic rings. The quantitative estimate of drug-likeness (QED) is 0.494. The van der Waals surface area contributed by atoms with Gasteiger partial charge in [-0.3, -0.25) is 0 Å². The molecule has 1 rings (SSSR count). The van der Waals surface area contributed by atoms with Crippen molar-refractivity contribution in [2.24, 2.45) is 5.41 Å². The molecule has 1 aliphatic heterocycles. The van der Waals surface area contributed by atoms with Crippen molar-refractivity contribution in [1.29, 1.82) is 0 Å². The molecule has 0 spiro atoms. The summed E-state index contributed by atoms with van der Waals surface area (Å²) in [4.78, 5) is 2.68. The highest BCUT2D eigenvalue weighted by molar-refractivity contribution is 9.09. The zero-order valence-corrected chi connectivity index (χ0v) is 12.7. The van der Waals surface area contributed by atoms with Gasteiger partial charge in [0.1, 0.15) is 0 Å². The molecule has 0 aromatic carbocycles. The van der Waals surface area contributed by atoms with Gasteiger partial charge in [0.05, 0.1) is 0 Å². The number of alkyl halides is 1. The van der Waals surface area contributed by atoms with Crippen LogP contribution in [0.1, 0.15) is 58.8 Å². The van der Waals surface area contributed by atoms with Gasteiger partial charge in [-0.15, -0.1) is 0 Å². The second-order valence-corrected chi connectivity index (χ2v) is 6.09. The number of nitrogens with zero attached hydrogens (tertiary/aromatic N) is 1. The topological polar surface area (TPSA) is 3.24 Å². The van der Waals surface area contributed by atoms with Crippen LogP contribution in [0.4, 0.5) is 0 Å². The molecule has 0 amide bonds. The SMILES string of the molecule is CCC1(CC)CCN(CCCCCBr)CC1. The molecular weight excluding hydrogens is 262 g/mol. The lowest BCUT2D eigenvalue weighted by Gasteiger charge is -2.41. The van der Waals surface area contributed by atoms with Crippen molar-refractivity contribution in [3.8, 4) is 0 Å². The first-order valence-electron chi connectivity index (χ1n) is 7.04. The van der Waals surface area contributed by atoms with Crippen LogP contribution >= 0.6 is 15.9 Å². The van der Waals surface area contributed by atoms with E-state index in [0.717, 1.165) is 0 Å². The molecule has 0 radical (unpaired) electrons. The summed E-state index contributed by atoms with van der Waals surface area (Å²) in [5, 5.41) is 1.17. The van der Waals surface area contributed by atoms with E-state index in [1.165, 1.54) is 69.9 Å². The fourth-order valence-corrected chi connectivity index (χ4v) is 3.21. The zero-order valence-electron chi connectivity index (χ0n) is 11.1. The van der Waals surface area contributed by atoms with Gasteiger partial charge in [0.25, 0.3) is 0 Å². The maximum atomic E-state index is 3.50. The van der Waals surface area contributed by atoms with Gasteiger partial charge in [-0.05, 0) is 50.7 Å². The predicted octanol–water partition coefficient (Wildman–Crippen LogP) is 4.45. The molecule has 16 heavy (non-hydrogen) atoms. The normalized spacial score (nSPS) is 21.2. The summed E-state index contributed by atoms with van der Waals surface area (Å²) in [5.41, 5.74) is 0.687. The highest BCUT2D eigenvalue weighted by atomic mass is 79.9. The summed E-state index contributed by atoms with van der Waals surface area (Å²) < 4.78 is 0. The summed E-state index contributed by atoms with van der Waals surface area (Å²) in [6.45, 7) is 8.76. The second kappa shape index (κ2) is 7.71. The monoisotopic (exact) mass is 289 g/mol. The molecule has 0 aromatic heterocycles. The maximum absolute atomic E-state index is 3.50. The zero-order chi connectivity index (χ0) is 11.9. The molecule has 1 nitrogen and oxygen atoms in total. The van der Waals surface area contributed by atoms with Crippen molar-refractivity contribution in [2.45, 2.75) is 58.8 Å². The fraction of sp³-hybridized carbons (Fsp3) is 1.00. The van der Waals surface area contributed by atoms with E-state index in [1.54, 1.807) is 0 Å². The minimum absolute atomic E-state index is 0.687. The van der Waals surface area contributed by atoms with E-state index >= 15 is 0 Å². The van der Waals surface area contributed by atoms with Crippen molar-refractivity contribution in [3.05, 3.63) is 0 Å². The van der Waals surface area contributed by atoms with E-state index in [1.807, 2.05) is 0 Å². The Balaban J connectivity index is 2.16. The Hall–Kier alpha value is 0.440. The molecule has 1 heterocycles. The Labute approximate surface area is 110 Å². The lowest BCUT2D eigenvalue weighted by molar-refractivity contribution is 0.0943. The average molecular weight is 290 g/mol. The Morgan fingerprint density at radius 2 is 1.62 bits per heavy atom. The number of rotatable bonds is 7. The summed E-state index contributed by atoms with van der Waals surface area (Å²) in [6, 6.07) is 0. The predicted molar refractivity (Wildman–Crippen MR) is 76.3 cm³/mol. The van der Waals surface area contributed by atoms with Crippen LogP contribution in [-0.4, -0.2) is 29.9 Å². The Bertz CT molecular complexity index is 168. The molecule has 0 bridgehead atoms. The molecular formula is C14H28BrN. The minimum Gasteiger partial charge on any atom is -0.303 e. The van der Waals surface area contributed by atoms with Crippen molar-refractivity contribution in [2.75, 3.05) is 25.0 Å². The summed E-state index contributed by atoms with van der Waals surface area (Å²) >= 11 is 3.50. The summed E-state index contributed by atoms with van der Waals surface area (Å²) in [5.74, 6) is 0. The van der Waals surface area contributed by atoms with Gasteiger partial charge in [-0.2, -0.15) is 0 Å². The van der Waals surface area contributed by atoms with E-state index in [-0.39, 0.29) is 0 Å². The van der Waals surface area contributed by atoms with Gasteiger partial charge in [-0.25, -0.2) is 0 Å². The standard InChI is InChI=1S/C14H28BrN/c1-3-14(4-2)8-12-16(13-9-14)11-7-5-6-10-15/h3-13H2,1-2H3. The molecule has 1 saturated heterocycles. The van der Waals surface area contributed by atoms with E-state index < -0.39 is 0 Å². The van der Waals surface area contributed by atoms with Crippen molar-refractivity contribution in [3.63, 3.8) is 0 Å². The third-order valence-corrected chi connectivity index (χ3v) is 5.09. The Kier molecular flexibility index (Phi) is 6.98. The van der Waals surface area contributed by atoms with Crippen LogP contribution in [0.5, 0.6) is 0 Å². The summed E-state index contributed by atoms with van der Waals surface area (Å²) in [7, 11) is 0. The molecule has 96 valence electrons. The third kappa shape index (κ3) is 4.37. The molecule has 0 atom stereocenters. The Morgan fingerprint density at radius 3 is 2.12 bits per heavy atom. The number of hydrogen-bond acceptors (Lipinski definition) is 1. The van der Waals surface area contributed by atoms with Crippen LogP contribution in [0, 0.1) is 5.41 Å². The van der Waals surface area contributed by atoms with Crippen LogP contribution < -0.4 is 0 Å². The number of likely N-dealkylation sites (tertiary alicyclic amines) is 1. The van der Waals surface area contributed by atoms with Crippen LogP contribution in [0.2, 0.25) is 0 Å². The number of unbranched alkanes of at least 4 members (excludes halogenated alkanes) is 2. The molecule has 0 aliphatic carbocycles. The van der Waals surface area contributed by atoms with Crippen molar-refractivity contribution in [1.82, 2.24) is 4.90 Å². The molecule has 0 N–H and O–H groups in total. The van der Waals surface area contributed by atoms with Gasteiger partial charge >= 0.3 is 0 Å². The molecule has 1 fully saturated rings. The summed E-state index contributed by atoms with van der Waals surface area (Å²) in [6.07, 6.45) is 9.71. The van der Waals surface area contributed by atoms with Gasteiger partial charge < -0.3 is 4.90 Å². The molecule has 2 heteroatoms. The Morgan fingerprint density at radius 1 is 1.00 bits per heavy atom. The first-order valence-corrected chi connectivity index (χ1v) is 8.17. The lowest BCUT2D eigenvalue weighted by atomic mass is 9.74. The fourth-order valence-electron chi connectivity index (χ4n) is 2.81. The van der Waals surface area contributed by atoms with Gasteiger partial charge in [-0.1, -0.05) is 49.0 Å². The minimum atomic E-state index is 0.687. The second-order valence-electron chi connectivity index (χ2n) is 5.30. The van der Waals surface area contributed by atoms with E-state index in [9.17, 15) is 0 Å². The van der Waals surface area contributed by atoms with Crippen molar-refractivity contribution < 1.29 is 0 Å². The van der Waals surface area contributed by atoms with E-state index in [0.29, 0.717) is 5.41 Å². The molecule has 0 unspecified atom stereocenters. The third-order valence-electron chi connectivity index (χ3n) is 4.52.